The fourth-order valence-corrected chi connectivity index (χ4v) is 1.39. The molecular formula is C8H8F2OS. The summed E-state index contributed by atoms with van der Waals surface area (Å²) < 4.78 is 30.1. The maximum absolute atomic E-state index is 12.6. The van der Waals surface area contributed by atoms with E-state index >= 15 is 0 Å². The molecular weight excluding hydrogens is 182 g/mol. The summed E-state index contributed by atoms with van der Waals surface area (Å²) in [7, 11) is 1.42. The van der Waals surface area contributed by atoms with E-state index in [-0.39, 0.29) is 0 Å². The molecule has 12 heavy (non-hydrogen) atoms. The van der Waals surface area contributed by atoms with E-state index < -0.39 is 11.6 Å². The Hall–Kier alpha value is -0.770. The van der Waals surface area contributed by atoms with E-state index in [2.05, 4.69) is 0 Å². The van der Waals surface area contributed by atoms with Crippen LogP contribution in [0.5, 0.6) is 5.75 Å². The molecule has 1 aromatic carbocycles. The lowest BCUT2D eigenvalue weighted by molar-refractivity contribution is 0.395. The monoisotopic (exact) mass is 190 g/mol. The highest BCUT2D eigenvalue weighted by Gasteiger charge is 2.08. The molecule has 0 aromatic heterocycles. The van der Waals surface area contributed by atoms with Crippen molar-refractivity contribution >= 4 is 11.8 Å². The van der Waals surface area contributed by atoms with Crippen molar-refractivity contribution < 1.29 is 13.5 Å². The molecule has 0 heterocycles. The summed E-state index contributed by atoms with van der Waals surface area (Å²) >= 11 is 1.31. The Balaban J connectivity index is 3.19. The molecule has 0 atom stereocenters. The summed E-state index contributed by atoms with van der Waals surface area (Å²) in [5, 5.41) is 0. The molecule has 1 nitrogen and oxygen atoms in total. The minimum Gasteiger partial charge on any atom is -0.495 e. The Morgan fingerprint density at radius 2 is 1.83 bits per heavy atom. The Bertz CT molecular complexity index is 260. The van der Waals surface area contributed by atoms with Gasteiger partial charge in [0.25, 0.3) is 0 Å². The normalized spacial score (nSPS) is 10.0. The molecule has 0 saturated carbocycles. The first kappa shape index (κ1) is 9.32. The number of rotatable bonds is 2. The second-order valence-corrected chi connectivity index (χ2v) is 2.97. The molecule has 1 aromatic rings. The third kappa shape index (κ3) is 1.69. The van der Waals surface area contributed by atoms with Crippen LogP contribution < -0.4 is 4.74 Å². The van der Waals surface area contributed by atoms with Crippen molar-refractivity contribution in [2.75, 3.05) is 13.4 Å². The Morgan fingerprint density at radius 1 is 1.25 bits per heavy atom. The summed E-state index contributed by atoms with van der Waals surface area (Å²) in [5.41, 5.74) is 0. The van der Waals surface area contributed by atoms with Crippen LogP contribution in [0.4, 0.5) is 8.78 Å². The number of hydrogen-bond acceptors (Lipinski definition) is 2. The Kier molecular flexibility index (Phi) is 2.92. The van der Waals surface area contributed by atoms with Gasteiger partial charge in [0.1, 0.15) is 5.75 Å². The van der Waals surface area contributed by atoms with E-state index in [0.29, 0.717) is 10.6 Å². The predicted octanol–water partition coefficient (Wildman–Crippen LogP) is 2.70. The van der Waals surface area contributed by atoms with Gasteiger partial charge in [-0.2, -0.15) is 0 Å². The van der Waals surface area contributed by atoms with Crippen LogP contribution in [0.15, 0.2) is 17.0 Å². The van der Waals surface area contributed by atoms with E-state index in [9.17, 15) is 8.78 Å². The van der Waals surface area contributed by atoms with Crippen LogP contribution in [-0.2, 0) is 0 Å². The predicted molar refractivity (Wildman–Crippen MR) is 44.7 cm³/mol. The second kappa shape index (κ2) is 3.76. The zero-order valence-electron chi connectivity index (χ0n) is 6.73. The summed E-state index contributed by atoms with van der Waals surface area (Å²) in [6.45, 7) is 0. The Morgan fingerprint density at radius 3 is 2.33 bits per heavy atom. The highest BCUT2D eigenvalue weighted by molar-refractivity contribution is 7.98. The largest absolute Gasteiger partial charge is 0.495 e. The van der Waals surface area contributed by atoms with E-state index in [1.807, 2.05) is 0 Å². The first-order valence-electron chi connectivity index (χ1n) is 3.26. The van der Waals surface area contributed by atoms with Crippen molar-refractivity contribution in [2.24, 2.45) is 0 Å². The van der Waals surface area contributed by atoms with Gasteiger partial charge in [-0.25, -0.2) is 8.78 Å². The van der Waals surface area contributed by atoms with Crippen molar-refractivity contribution in [3.63, 3.8) is 0 Å². The van der Waals surface area contributed by atoms with E-state index in [0.717, 1.165) is 12.1 Å². The van der Waals surface area contributed by atoms with Crippen LogP contribution in [0.25, 0.3) is 0 Å². The third-order valence-electron chi connectivity index (χ3n) is 1.43. The van der Waals surface area contributed by atoms with Gasteiger partial charge in [-0.1, -0.05) is 0 Å². The number of hydrogen-bond donors (Lipinski definition) is 0. The Labute approximate surface area is 73.7 Å². The van der Waals surface area contributed by atoms with Crippen molar-refractivity contribution in [3.8, 4) is 5.75 Å². The molecule has 4 heteroatoms. The molecule has 0 spiro atoms. The van der Waals surface area contributed by atoms with Crippen molar-refractivity contribution in [1.29, 1.82) is 0 Å². The molecule has 0 aliphatic heterocycles. The lowest BCUT2D eigenvalue weighted by Gasteiger charge is -2.05. The van der Waals surface area contributed by atoms with Crippen LogP contribution in [0.1, 0.15) is 0 Å². The van der Waals surface area contributed by atoms with Gasteiger partial charge in [0.05, 0.1) is 12.0 Å². The number of ether oxygens (including phenoxy) is 1. The minimum atomic E-state index is -0.885. The number of thioether (sulfide) groups is 1. The van der Waals surface area contributed by atoms with Crippen LogP contribution in [0.2, 0.25) is 0 Å². The van der Waals surface area contributed by atoms with Crippen molar-refractivity contribution in [2.45, 2.75) is 4.90 Å². The molecule has 0 bridgehead atoms. The fourth-order valence-electron chi connectivity index (χ4n) is 0.829. The first-order chi connectivity index (χ1) is 5.69. The lowest BCUT2D eigenvalue weighted by Crippen LogP contribution is -1.90. The zero-order chi connectivity index (χ0) is 9.14. The molecule has 0 fully saturated rings. The molecule has 66 valence electrons. The van der Waals surface area contributed by atoms with E-state index in [1.165, 1.54) is 18.9 Å². The molecule has 0 amide bonds. The smallest absolute Gasteiger partial charge is 0.162 e. The van der Waals surface area contributed by atoms with Gasteiger partial charge in [-0.15, -0.1) is 11.8 Å². The van der Waals surface area contributed by atoms with Gasteiger partial charge in [-0.3, -0.25) is 0 Å². The van der Waals surface area contributed by atoms with Gasteiger partial charge in [0.2, 0.25) is 0 Å². The van der Waals surface area contributed by atoms with Gasteiger partial charge in [0, 0.05) is 6.07 Å². The first-order valence-corrected chi connectivity index (χ1v) is 4.48. The average Bonchev–Trinajstić information content (AvgIpc) is 2.09. The van der Waals surface area contributed by atoms with Crippen LogP contribution >= 0.6 is 11.8 Å². The van der Waals surface area contributed by atoms with Crippen LogP contribution in [0.3, 0.4) is 0 Å². The maximum Gasteiger partial charge on any atom is 0.162 e. The molecule has 0 aliphatic rings. The van der Waals surface area contributed by atoms with Crippen LogP contribution in [-0.4, -0.2) is 13.4 Å². The molecule has 0 unspecified atom stereocenters. The van der Waals surface area contributed by atoms with E-state index in [1.54, 1.807) is 6.26 Å². The maximum atomic E-state index is 12.6. The highest BCUT2D eigenvalue weighted by Crippen LogP contribution is 2.29. The van der Waals surface area contributed by atoms with Crippen molar-refractivity contribution in [1.82, 2.24) is 0 Å². The van der Waals surface area contributed by atoms with Gasteiger partial charge < -0.3 is 4.74 Å². The fraction of sp³-hybridized carbons (Fsp3) is 0.250. The number of benzene rings is 1. The average molecular weight is 190 g/mol. The van der Waals surface area contributed by atoms with Crippen molar-refractivity contribution in [3.05, 3.63) is 23.8 Å². The summed E-state index contributed by atoms with van der Waals surface area (Å²) in [6, 6.07) is 2.17. The van der Waals surface area contributed by atoms with Gasteiger partial charge in [0.15, 0.2) is 11.6 Å². The van der Waals surface area contributed by atoms with Gasteiger partial charge in [-0.05, 0) is 12.3 Å². The zero-order valence-corrected chi connectivity index (χ0v) is 7.54. The molecule has 0 aliphatic carbocycles. The second-order valence-electron chi connectivity index (χ2n) is 2.12. The SMILES string of the molecule is COc1cc(F)c(F)cc1SC. The molecule has 0 saturated heterocycles. The minimum absolute atomic E-state index is 0.362. The lowest BCUT2D eigenvalue weighted by atomic mass is 10.3. The number of halogens is 2. The summed E-state index contributed by atoms with van der Waals surface area (Å²) in [4.78, 5) is 0.594. The highest BCUT2D eigenvalue weighted by atomic mass is 32.2. The van der Waals surface area contributed by atoms with Crippen LogP contribution in [0, 0.1) is 11.6 Å². The molecule has 0 N–H and O–H groups in total. The topological polar surface area (TPSA) is 9.23 Å². The van der Waals surface area contributed by atoms with E-state index in [4.69, 9.17) is 4.74 Å². The summed E-state index contributed by atoms with van der Waals surface area (Å²) in [5.74, 6) is -1.37. The standard InChI is InChI=1S/C8H8F2OS/c1-11-7-3-5(9)6(10)4-8(7)12-2/h3-4H,1-2H3. The molecule has 0 radical (unpaired) electrons. The summed E-state index contributed by atoms with van der Waals surface area (Å²) in [6.07, 6.45) is 1.77. The third-order valence-corrected chi connectivity index (χ3v) is 2.19. The molecule has 1 rings (SSSR count). The number of methoxy groups -OCH3 is 1. The quantitative estimate of drug-likeness (QED) is 0.663. The van der Waals surface area contributed by atoms with Gasteiger partial charge >= 0.3 is 0 Å².